The summed E-state index contributed by atoms with van der Waals surface area (Å²) in [5.41, 5.74) is 2.27. The molecule has 2 aromatic carbocycles. The Hall–Kier alpha value is -2.20. The van der Waals surface area contributed by atoms with Gasteiger partial charge in [0.25, 0.3) is 0 Å². The minimum atomic E-state index is 0.637. The lowest BCUT2D eigenvalue weighted by atomic mass is 10.1. The highest BCUT2D eigenvalue weighted by atomic mass is 35.5. The number of halogens is 1. The van der Waals surface area contributed by atoms with Crippen molar-refractivity contribution >= 4 is 17.6 Å². The third-order valence-corrected chi connectivity index (χ3v) is 3.84. The van der Waals surface area contributed by atoms with Gasteiger partial charge in [-0.15, -0.1) is 0 Å². The highest BCUT2D eigenvalue weighted by Gasteiger charge is 2.02. The fourth-order valence-electron chi connectivity index (χ4n) is 2.19. The lowest BCUT2D eigenvalue weighted by molar-refractivity contribution is 0.414. The standard InChI is InChI=1S/C18H22ClN3O/c1-20-18(22-13-15-7-3-4-9-17(15)19)21-11-10-14-6-5-8-16(12-14)23-2/h3-9,12H,10-11,13H2,1-2H3,(H2,20,21,22). The first kappa shape index (κ1) is 17.2. The summed E-state index contributed by atoms with van der Waals surface area (Å²) in [6.07, 6.45) is 0.893. The maximum absolute atomic E-state index is 6.15. The van der Waals surface area contributed by atoms with E-state index in [0.717, 1.165) is 35.3 Å². The molecule has 0 unspecified atom stereocenters. The molecule has 0 aliphatic heterocycles. The number of guanidine groups is 1. The van der Waals surface area contributed by atoms with Crippen LogP contribution in [0.3, 0.4) is 0 Å². The van der Waals surface area contributed by atoms with Gasteiger partial charge in [-0.2, -0.15) is 0 Å². The summed E-state index contributed by atoms with van der Waals surface area (Å²) >= 11 is 6.15. The van der Waals surface area contributed by atoms with E-state index in [0.29, 0.717) is 6.54 Å². The van der Waals surface area contributed by atoms with E-state index in [2.05, 4.69) is 21.7 Å². The van der Waals surface area contributed by atoms with Crippen molar-refractivity contribution in [2.75, 3.05) is 20.7 Å². The number of nitrogens with zero attached hydrogens (tertiary/aromatic N) is 1. The summed E-state index contributed by atoms with van der Waals surface area (Å²) in [5, 5.41) is 7.32. The Morgan fingerprint density at radius 2 is 1.96 bits per heavy atom. The van der Waals surface area contributed by atoms with E-state index in [1.54, 1.807) is 14.2 Å². The summed E-state index contributed by atoms with van der Waals surface area (Å²) in [4.78, 5) is 4.22. The van der Waals surface area contributed by atoms with E-state index >= 15 is 0 Å². The zero-order valence-corrected chi connectivity index (χ0v) is 14.2. The van der Waals surface area contributed by atoms with Crippen molar-refractivity contribution in [3.63, 3.8) is 0 Å². The SMILES string of the molecule is CN=C(NCCc1cccc(OC)c1)NCc1ccccc1Cl. The summed E-state index contributed by atoms with van der Waals surface area (Å²) in [5.74, 6) is 1.64. The van der Waals surface area contributed by atoms with Crippen LogP contribution >= 0.6 is 11.6 Å². The molecule has 0 saturated carbocycles. The summed E-state index contributed by atoms with van der Waals surface area (Å²) in [6.45, 7) is 1.42. The predicted octanol–water partition coefficient (Wildman–Crippen LogP) is 3.26. The van der Waals surface area contributed by atoms with Gasteiger partial charge in [0, 0.05) is 25.2 Å². The second-order valence-electron chi connectivity index (χ2n) is 5.05. The quantitative estimate of drug-likeness (QED) is 0.631. The number of ether oxygens (including phenoxy) is 1. The smallest absolute Gasteiger partial charge is 0.191 e. The molecular formula is C18H22ClN3O. The molecule has 5 heteroatoms. The monoisotopic (exact) mass is 331 g/mol. The van der Waals surface area contributed by atoms with Crippen LogP contribution in [0, 0.1) is 0 Å². The summed E-state index contributed by atoms with van der Waals surface area (Å²) in [6, 6.07) is 15.9. The number of nitrogens with one attached hydrogen (secondary N) is 2. The first-order chi connectivity index (χ1) is 11.2. The molecule has 122 valence electrons. The third-order valence-electron chi connectivity index (χ3n) is 3.47. The minimum absolute atomic E-state index is 0.637. The lowest BCUT2D eigenvalue weighted by Gasteiger charge is -2.13. The Morgan fingerprint density at radius 3 is 2.70 bits per heavy atom. The van der Waals surface area contributed by atoms with Gasteiger partial charge < -0.3 is 15.4 Å². The van der Waals surface area contributed by atoms with E-state index < -0.39 is 0 Å². The number of aliphatic imine (C=N–C) groups is 1. The van der Waals surface area contributed by atoms with Gasteiger partial charge in [-0.3, -0.25) is 4.99 Å². The van der Waals surface area contributed by atoms with Gasteiger partial charge in [0.1, 0.15) is 5.75 Å². The molecule has 0 aromatic heterocycles. The van der Waals surface area contributed by atoms with Crippen molar-refractivity contribution in [3.8, 4) is 5.75 Å². The van der Waals surface area contributed by atoms with Crippen molar-refractivity contribution in [1.29, 1.82) is 0 Å². The van der Waals surface area contributed by atoms with E-state index in [1.807, 2.05) is 42.5 Å². The van der Waals surface area contributed by atoms with Gasteiger partial charge in [-0.1, -0.05) is 41.9 Å². The first-order valence-corrected chi connectivity index (χ1v) is 7.91. The molecule has 0 fully saturated rings. The van der Waals surface area contributed by atoms with Gasteiger partial charge in [0.15, 0.2) is 5.96 Å². The molecule has 0 aliphatic rings. The Bertz CT molecular complexity index is 658. The zero-order chi connectivity index (χ0) is 16.5. The van der Waals surface area contributed by atoms with Gasteiger partial charge >= 0.3 is 0 Å². The van der Waals surface area contributed by atoms with Crippen LogP contribution in [0.4, 0.5) is 0 Å². The topological polar surface area (TPSA) is 45.7 Å². The molecular weight excluding hydrogens is 310 g/mol. The molecule has 23 heavy (non-hydrogen) atoms. The minimum Gasteiger partial charge on any atom is -0.497 e. The van der Waals surface area contributed by atoms with Crippen molar-refractivity contribution in [2.45, 2.75) is 13.0 Å². The number of rotatable bonds is 6. The molecule has 0 radical (unpaired) electrons. The van der Waals surface area contributed by atoms with Crippen LogP contribution in [0.25, 0.3) is 0 Å². The Kier molecular flexibility index (Phi) is 6.76. The van der Waals surface area contributed by atoms with E-state index in [9.17, 15) is 0 Å². The van der Waals surface area contributed by atoms with Crippen LogP contribution in [-0.4, -0.2) is 26.7 Å². The van der Waals surface area contributed by atoms with Gasteiger partial charge in [0.2, 0.25) is 0 Å². The van der Waals surface area contributed by atoms with Crippen molar-refractivity contribution in [1.82, 2.24) is 10.6 Å². The molecule has 0 spiro atoms. The molecule has 0 saturated heterocycles. The van der Waals surface area contributed by atoms with Crippen LogP contribution in [-0.2, 0) is 13.0 Å². The van der Waals surface area contributed by atoms with Gasteiger partial charge in [0.05, 0.1) is 7.11 Å². The van der Waals surface area contributed by atoms with Gasteiger partial charge in [-0.05, 0) is 35.7 Å². The van der Waals surface area contributed by atoms with Crippen LogP contribution in [0.5, 0.6) is 5.75 Å². The molecule has 0 atom stereocenters. The largest absolute Gasteiger partial charge is 0.497 e. The normalized spacial score (nSPS) is 11.2. The van der Waals surface area contributed by atoms with Crippen LogP contribution < -0.4 is 15.4 Å². The van der Waals surface area contributed by atoms with Crippen molar-refractivity contribution < 1.29 is 4.74 Å². The molecule has 2 N–H and O–H groups in total. The van der Waals surface area contributed by atoms with E-state index in [4.69, 9.17) is 16.3 Å². The second-order valence-corrected chi connectivity index (χ2v) is 5.45. The second kappa shape index (κ2) is 9.06. The number of hydrogen-bond acceptors (Lipinski definition) is 2. The number of methoxy groups -OCH3 is 1. The molecule has 0 aliphatic carbocycles. The maximum Gasteiger partial charge on any atom is 0.191 e. The van der Waals surface area contributed by atoms with Crippen molar-refractivity contribution in [3.05, 3.63) is 64.7 Å². The maximum atomic E-state index is 6.15. The number of hydrogen-bond donors (Lipinski definition) is 2. The van der Waals surface area contributed by atoms with Crippen molar-refractivity contribution in [2.24, 2.45) is 4.99 Å². The molecule has 0 amide bonds. The highest BCUT2D eigenvalue weighted by molar-refractivity contribution is 6.31. The van der Waals surface area contributed by atoms with Crippen LogP contribution in [0.2, 0.25) is 5.02 Å². The van der Waals surface area contributed by atoms with E-state index in [-0.39, 0.29) is 0 Å². The number of benzene rings is 2. The highest BCUT2D eigenvalue weighted by Crippen LogP contribution is 2.14. The average molecular weight is 332 g/mol. The molecule has 0 heterocycles. The summed E-state index contributed by atoms with van der Waals surface area (Å²) in [7, 11) is 3.44. The average Bonchev–Trinajstić information content (AvgIpc) is 2.59. The first-order valence-electron chi connectivity index (χ1n) is 7.54. The fraction of sp³-hybridized carbons (Fsp3) is 0.278. The molecule has 0 bridgehead atoms. The molecule has 4 nitrogen and oxygen atoms in total. The third kappa shape index (κ3) is 5.49. The Morgan fingerprint density at radius 1 is 1.13 bits per heavy atom. The zero-order valence-electron chi connectivity index (χ0n) is 13.5. The van der Waals surface area contributed by atoms with Gasteiger partial charge in [-0.25, -0.2) is 0 Å². The van der Waals surface area contributed by atoms with Crippen LogP contribution in [0.15, 0.2) is 53.5 Å². The molecule has 2 aromatic rings. The lowest BCUT2D eigenvalue weighted by Crippen LogP contribution is -2.37. The van der Waals surface area contributed by atoms with E-state index in [1.165, 1.54) is 5.56 Å². The van der Waals surface area contributed by atoms with Crippen LogP contribution in [0.1, 0.15) is 11.1 Å². The fourth-order valence-corrected chi connectivity index (χ4v) is 2.40. The molecule has 2 rings (SSSR count). The Balaban J connectivity index is 1.80. The Labute approximate surface area is 142 Å². The predicted molar refractivity (Wildman–Crippen MR) is 96.4 cm³/mol. The summed E-state index contributed by atoms with van der Waals surface area (Å²) < 4.78 is 5.23.